The molecule has 0 radical (unpaired) electrons. The Kier molecular flexibility index (Phi) is 8.69. The van der Waals surface area contributed by atoms with Gasteiger partial charge in [-0.1, -0.05) is 56.1 Å². The molecule has 0 heterocycles. The second-order valence-electron chi connectivity index (χ2n) is 5.82. The second kappa shape index (κ2) is 9.70. The Hall–Kier alpha value is -0.250. The Morgan fingerprint density at radius 2 is 1.95 bits per heavy atom. The lowest BCUT2D eigenvalue weighted by atomic mass is 9.96. The molecular formula is C15H24N2OS3. The second-order valence-corrected chi connectivity index (χ2v) is 9.05. The minimum Gasteiger partial charge on any atom is -0.353 e. The number of hydrogen-bond donors (Lipinski definition) is 2. The summed E-state index contributed by atoms with van der Waals surface area (Å²) in [5.74, 6) is 0.0488. The number of rotatable bonds is 5. The SMILES string of the molecule is CC(C#N)(CCC(=O)NC1CCCCCCC1)SC(=S)S. The smallest absolute Gasteiger partial charge is 0.220 e. The molecule has 21 heavy (non-hydrogen) atoms. The number of thiol groups is 1. The number of nitrogens with zero attached hydrogens (tertiary/aromatic N) is 1. The zero-order valence-corrected chi connectivity index (χ0v) is 15.1. The molecule has 1 aliphatic carbocycles. The van der Waals surface area contributed by atoms with Gasteiger partial charge in [-0.05, 0) is 26.2 Å². The molecule has 0 spiro atoms. The zero-order chi connectivity index (χ0) is 15.7. The van der Waals surface area contributed by atoms with Crippen molar-refractivity contribution in [2.75, 3.05) is 0 Å². The van der Waals surface area contributed by atoms with Crippen LogP contribution in [0.1, 0.15) is 64.7 Å². The molecule has 1 fully saturated rings. The molecule has 0 aromatic carbocycles. The van der Waals surface area contributed by atoms with E-state index < -0.39 is 4.75 Å². The molecule has 1 aliphatic rings. The summed E-state index contributed by atoms with van der Waals surface area (Å²) in [5, 5.41) is 12.4. The summed E-state index contributed by atoms with van der Waals surface area (Å²) in [6.07, 6.45) is 9.28. The first-order valence-corrected chi connectivity index (χ1v) is 9.25. The average molecular weight is 345 g/mol. The summed E-state index contributed by atoms with van der Waals surface area (Å²) in [6, 6.07) is 2.54. The monoisotopic (exact) mass is 344 g/mol. The number of amides is 1. The third-order valence-electron chi connectivity index (χ3n) is 3.85. The highest BCUT2D eigenvalue weighted by Crippen LogP contribution is 2.31. The van der Waals surface area contributed by atoms with Crippen LogP contribution in [0.15, 0.2) is 0 Å². The number of carbonyl (C=O) groups excluding carboxylic acids is 1. The van der Waals surface area contributed by atoms with Crippen LogP contribution >= 0.6 is 36.6 Å². The summed E-state index contributed by atoms with van der Waals surface area (Å²) in [5.41, 5.74) is 0. The molecule has 0 bridgehead atoms. The molecule has 1 rings (SSSR count). The van der Waals surface area contributed by atoms with Crippen LogP contribution in [0.25, 0.3) is 0 Å². The van der Waals surface area contributed by atoms with Gasteiger partial charge in [-0.3, -0.25) is 4.79 Å². The number of carbonyl (C=O) groups is 1. The standard InChI is InChI=1S/C15H24N2OS3/c1-15(11-16,21-14(19)20)10-9-13(18)17-12-7-5-3-2-4-6-8-12/h12H,2-10H2,1H3,(H,17,18)(H,19,20). The van der Waals surface area contributed by atoms with Crippen molar-refractivity contribution in [1.82, 2.24) is 5.32 Å². The molecule has 3 nitrogen and oxygen atoms in total. The lowest BCUT2D eigenvalue weighted by Crippen LogP contribution is -2.36. The van der Waals surface area contributed by atoms with Crippen LogP contribution < -0.4 is 5.32 Å². The van der Waals surface area contributed by atoms with Gasteiger partial charge in [0.2, 0.25) is 5.91 Å². The molecular weight excluding hydrogens is 320 g/mol. The van der Waals surface area contributed by atoms with Crippen molar-refractivity contribution >= 4 is 46.0 Å². The molecule has 0 aromatic rings. The Morgan fingerprint density at radius 3 is 2.48 bits per heavy atom. The maximum Gasteiger partial charge on any atom is 0.220 e. The van der Waals surface area contributed by atoms with Gasteiger partial charge in [0.25, 0.3) is 0 Å². The summed E-state index contributed by atoms with van der Waals surface area (Å²) >= 11 is 10.2. The molecule has 1 N–H and O–H groups in total. The quantitative estimate of drug-likeness (QED) is 0.579. The molecule has 118 valence electrons. The fraction of sp³-hybridized carbons (Fsp3) is 0.800. The van der Waals surface area contributed by atoms with E-state index in [1.54, 1.807) is 0 Å². The number of hydrogen-bond acceptors (Lipinski definition) is 4. The maximum absolute atomic E-state index is 12.1. The predicted octanol–water partition coefficient (Wildman–Crippen LogP) is 4.23. The van der Waals surface area contributed by atoms with Crippen LogP contribution in [0.2, 0.25) is 0 Å². The number of nitrogens with one attached hydrogen (secondary N) is 1. The summed E-state index contributed by atoms with van der Waals surface area (Å²) < 4.78 is -0.226. The molecule has 6 heteroatoms. The van der Waals surface area contributed by atoms with Crippen LogP contribution in [0, 0.1) is 11.3 Å². The van der Waals surface area contributed by atoms with Gasteiger partial charge in [0.1, 0.15) is 8.28 Å². The summed E-state index contributed by atoms with van der Waals surface area (Å²) in [6.45, 7) is 1.81. The van der Waals surface area contributed by atoms with Gasteiger partial charge in [-0.25, -0.2) is 0 Å². The Balaban J connectivity index is 2.38. The Labute approximate surface area is 143 Å². The molecule has 1 amide bonds. The van der Waals surface area contributed by atoms with Crippen molar-refractivity contribution < 1.29 is 4.79 Å². The van der Waals surface area contributed by atoms with Crippen molar-refractivity contribution in [2.45, 2.75) is 75.5 Å². The lowest BCUT2D eigenvalue weighted by Gasteiger charge is -2.23. The van der Waals surface area contributed by atoms with Crippen molar-refractivity contribution in [1.29, 1.82) is 5.26 Å². The van der Waals surface area contributed by atoms with Gasteiger partial charge in [-0.15, -0.1) is 12.6 Å². The third-order valence-corrected chi connectivity index (χ3v) is 5.29. The van der Waals surface area contributed by atoms with Crippen molar-refractivity contribution in [3.05, 3.63) is 0 Å². The summed E-state index contributed by atoms with van der Waals surface area (Å²) in [7, 11) is 0. The number of thioether (sulfide) groups is 1. The first kappa shape index (κ1) is 18.8. The largest absolute Gasteiger partial charge is 0.353 e. The molecule has 1 unspecified atom stereocenters. The summed E-state index contributed by atoms with van der Waals surface area (Å²) in [4.78, 5) is 12.1. The normalized spacial score (nSPS) is 19.7. The van der Waals surface area contributed by atoms with Crippen molar-refractivity contribution in [3.63, 3.8) is 0 Å². The highest BCUT2D eigenvalue weighted by Gasteiger charge is 2.27. The van der Waals surface area contributed by atoms with E-state index in [9.17, 15) is 10.1 Å². The topological polar surface area (TPSA) is 52.9 Å². The van der Waals surface area contributed by atoms with E-state index in [1.807, 2.05) is 6.92 Å². The van der Waals surface area contributed by atoms with Crippen molar-refractivity contribution in [3.8, 4) is 6.07 Å². The zero-order valence-electron chi connectivity index (χ0n) is 12.6. The minimum absolute atomic E-state index is 0.0488. The highest BCUT2D eigenvalue weighted by atomic mass is 32.2. The number of thiocarbonyl (C=S) groups is 1. The molecule has 0 saturated heterocycles. The van der Waals surface area contributed by atoms with E-state index in [2.05, 4.69) is 24.0 Å². The van der Waals surface area contributed by atoms with Crippen LogP contribution in [0.5, 0.6) is 0 Å². The van der Waals surface area contributed by atoms with E-state index in [0.29, 0.717) is 22.4 Å². The van der Waals surface area contributed by atoms with E-state index in [-0.39, 0.29) is 5.91 Å². The van der Waals surface area contributed by atoms with Crippen LogP contribution in [-0.2, 0) is 4.79 Å². The minimum atomic E-state index is -0.670. The van der Waals surface area contributed by atoms with Gasteiger partial charge in [-0.2, -0.15) is 5.26 Å². The highest BCUT2D eigenvalue weighted by molar-refractivity contribution is 8.42. The van der Waals surface area contributed by atoms with E-state index in [1.165, 1.54) is 43.9 Å². The lowest BCUT2D eigenvalue weighted by molar-refractivity contribution is -0.122. The fourth-order valence-corrected chi connectivity index (χ4v) is 4.37. The molecule has 0 aliphatic heterocycles. The van der Waals surface area contributed by atoms with Gasteiger partial charge in [0, 0.05) is 12.5 Å². The van der Waals surface area contributed by atoms with E-state index in [4.69, 9.17) is 12.2 Å². The van der Waals surface area contributed by atoms with Crippen LogP contribution in [-0.4, -0.2) is 20.2 Å². The Bertz CT molecular complexity index is 400. The van der Waals surface area contributed by atoms with Crippen LogP contribution in [0.4, 0.5) is 0 Å². The van der Waals surface area contributed by atoms with Gasteiger partial charge >= 0.3 is 0 Å². The molecule has 1 saturated carbocycles. The van der Waals surface area contributed by atoms with Gasteiger partial charge in [0.15, 0.2) is 0 Å². The first-order chi connectivity index (χ1) is 9.95. The average Bonchev–Trinajstić information content (AvgIpc) is 2.39. The maximum atomic E-state index is 12.1. The van der Waals surface area contributed by atoms with Crippen molar-refractivity contribution in [2.24, 2.45) is 0 Å². The van der Waals surface area contributed by atoms with Gasteiger partial charge in [0.05, 0.1) is 6.07 Å². The number of nitriles is 1. The molecule has 0 aromatic heterocycles. The van der Waals surface area contributed by atoms with E-state index in [0.717, 1.165) is 12.8 Å². The first-order valence-electron chi connectivity index (χ1n) is 7.58. The fourth-order valence-electron chi connectivity index (χ4n) is 2.57. The van der Waals surface area contributed by atoms with Crippen LogP contribution in [0.3, 0.4) is 0 Å². The third kappa shape index (κ3) is 8.08. The molecule has 1 atom stereocenters. The van der Waals surface area contributed by atoms with E-state index >= 15 is 0 Å². The Morgan fingerprint density at radius 1 is 1.38 bits per heavy atom. The predicted molar refractivity (Wildman–Crippen MR) is 96.7 cm³/mol. The van der Waals surface area contributed by atoms with Gasteiger partial charge < -0.3 is 5.32 Å².